The minimum Gasteiger partial charge on any atom is -0.385 e. The van der Waals surface area contributed by atoms with Gasteiger partial charge in [0.2, 0.25) is 0 Å². The van der Waals surface area contributed by atoms with Crippen molar-refractivity contribution in [1.29, 1.82) is 0 Å². The first-order valence-corrected chi connectivity index (χ1v) is 8.63. The number of rotatable bonds is 8. The summed E-state index contributed by atoms with van der Waals surface area (Å²) in [5.74, 6) is 0.906. The SMILES string of the molecule is CCNC(=NCC1(SC)CCOCC1)NCCCOC.I. The van der Waals surface area contributed by atoms with Gasteiger partial charge in [0, 0.05) is 44.8 Å². The first-order valence-electron chi connectivity index (χ1n) is 7.40. The Bertz CT molecular complexity index is 287. The molecule has 0 saturated carbocycles. The van der Waals surface area contributed by atoms with E-state index in [0.29, 0.717) is 0 Å². The van der Waals surface area contributed by atoms with Crippen LogP contribution in [-0.2, 0) is 9.47 Å². The van der Waals surface area contributed by atoms with Crippen LogP contribution < -0.4 is 10.6 Å². The highest BCUT2D eigenvalue weighted by Gasteiger charge is 2.31. The topological polar surface area (TPSA) is 54.9 Å². The van der Waals surface area contributed by atoms with Crippen LogP contribution in [0, 0.1) is 0 Å². The van der Waals surface area contributed by atoms with E-state index in [9.17, 15) is 0 Å². The van der Waals surface area contributed by atoms with Gasteiger partial charge in [-0.25, -0.2) is 0 Å². The van der Waals surface area contributed by atoms with Crippen molar-refractivity contribution in [3.8, 4) is 0 Å². The molecule has 0 radical (unpaired) electrons. The van der Waals surface area contributed by atoms with Crippen LogP contribution in [0.4, 0.5) is 0 Å². The largest absolute Gasteiger partial charge is 0.385 e. The average Bonchev–Trinajstić information content (AvgIpc) is 2.50. The third-order valence-corrected chi connectivity index (χ3v) is 4.93. The van der Waals surface area contributed by atoms with E-state index < -0.39 is 0 Å². The number of nitrogens with one attached hydrogen (secondary N) is 2. The predicted molar refractivity (Wildman–Crippen MR) is 102 cm³/mol. The third-order valence-electron chi connectivity index (χ3n) is 3.52. The number of aliphatic imine (C=N–C) groups is 1. The molecule has 1 rings (SSSR count). The van der Waals surface area contributed by atoms with E-state index in [0.717, 1.165) is 64.7 Å². The summed E-state index contributed by atoms with van der Waals surface area (Å²) < 4.78 is 10.8. The molecule has 0 aromatic carbocycles. The Hall–Kier alpha value is 0.270. The molecule has 0 spiro atoms. The summed E-state index contributed by atoms with van der Waals surface area (Å²) in [5.41, 5.74) is 0. The lowest BCUT2D eigenvalue weighted by molar-refractivity contribution is 0.0794. The Morgan fingerprint density at radius 3 is 2.62 bits per heavy atom. The fraction of sp³-hybridized carbons (Fsp3) is 0.929. The summed E-state index contributed by atoms with van der Waals surface area (Å²) in [5, 5.41) is 6.65. The monoisotopic (exact) mass is 431 g/mol. The summed E-state index contributed by atoms with van der Waals surface area (Å²) in [7, 11) is 1.73. The van der Waals surface area contributed by atoms with Gasteiger partial charge in [-0.3, -0.25) is 4.99 Å². The number of nitrogens with zero attached hydrogens (tertiary/aromatic N) is 1. The van der Waals surface area contributed by atoms with Gasteiger partial charge < -0.3 is 20.1 Å². The van der Waals surface area contributed by atoms with Gasteiger partial charge in [0.25, 0.3) is 0 Å². The maximum atomic E-state index is 5.47. The third kappa shape index (κ3) is 8.47. The number of hydrogen-bond donors (Lipinski definition) is 2. The summed E-state index contributed by atoms with van der Waals surface area (Å²) >= 11 is 1.92. The highest BCUT2D eigenvalue weighted by molar-refractivity contribution is 14.0. The van der Waals surface area contributed by atoms with Crippen LogP contribution in [0.25, 0.3) is 0 Å². The molecular formula is C14H30IN3O2S. The summed E-state index contributed by atoms with van der Waals surface area (Å²) in [4.78, 5) is 4.76. The minimum absolute atomic E-state index is 0. The molecule has 0 aromatic heterocycles. The molecule has 21 heavy (non-hydrogen) atoms. The second-order valence-electron chi connectivity index (χ2n) is 4.97. The lowest BCUT2D eigenvalue weighted by Crippen LogP contribution is -2.41. The van der Waals surface area contributed by atoms with Gasteiger partial charge in [0.05, 0.1) is 6.54 Å². The van der Waals surface area contributed by atoms with Gasteiger partial charge in [-0.15, -0.1) is 24.0 Å². The first kappa shape index (κ1) is 21.3. The fourth-order valence-corrected chi connectivity index (χ4v) is 2.93. The Kier molecular flexibility index (Phi) is 12.9. The quantitative estimate of drug-likeness (QED) is 0.267. The van der Waals surface area contributed by atoms with Crippen molar-refractivity contribution in [2.75, 3.05) is 52.8 Å². The van der Waals surface area contributed by atoms with Gasteiger partial charge in [-0.05, 0) is 32.4 Å². The molecule has 0 atom stereocenters. The number of guanidine groups is 1. The molecule has 1 aliphatic heterocycles. The molecule has 0 aliphatic carbocycles. The number of thioether (sulfide) groups is 1. The van der Waals surface area contributed by atoms with Crippen molar-refractivity contribution in [2.24, 2.45) is 4.99 Å². The van der Waals surface area contributed by atoms with Crippen molar-refractivity contribution >= 4 is 41.7 Å². The molecule has 5 nitrogen and oxygen atoms in total. The van der Waals surface area contributed by atoms with Gasteiger partial charge in [0.15, 0.2) is 5.96 Å². The van der Waals surface area contributed by atoms with Gasteiger partial charge >= 0.3 is 0 Å². The zero-order chi connectivity index (χ0) is 14.7. The number of methoxy groups -OCH3 is 1. The van der Waals surface area contributed by atoms with E-state index in [2.05, 4.69) is 23.8 Å². The maximum Gasteiger partial charge on any atom is 0.191 e. The molecule has 0 bridgehead atoms. The molecular weight excluding hydrogens is 401 g/mol. The highest BCUT2D eigenvalue weighted by atomic mass is 127. The number of halogens is 1. The summed E-state index contributed by atoms with van der Waals surface area (Å²) in [6.07, 6.45) is 5.34. The van der Waals surface area contributed by atoms with Crippen LogP contribution in [0.15, 0.2) is 4.99 Å². The zero-order valence-electron chi connectivity index (χ0n) is 13.4. The Balaban J connectivity index is 0.00000400. The van der Waals surface area contributed by atoms with Crippen LogP contribution in [0.1, 0.15) is 26.2 Å². The van der Waals surface area contributed by atoms with Crippen molar-refractivity contribution in [3.05, 3.63) is 0 Å². The minimum atomic E-state index is 0. The molecule has 0 unspecified atom stereocenters. The van der Waals surface area contributed by atoms with Gasteiger partial charge in [-0.1, -0.05) is 0 Å². The zero-order valence-corrected chi connectivity index (χ0v) is 16.6. The standard InChI is InChI=1S/C14H29N3O2S.HI/c1-4-15-13(16-8-5-9-18-2)17-12-14(20-3)6-10-19-11-7-14;/h4-12H2,1-3H3,(H2,15,16,17);1H. The Morgan fingerprint density at radius 2 is 2.05 bits per heavy atom. The lowest BCUT2D eigenvalue weighted by Gasteiger charge is -2.34. The molecule has 1 heterocycles. The van der Waals surface area contributed by atoms with Crippen LogP contribution in [0.2, 0.25) is 0 Å². The normalized spacial score (nSPS) is 18.0. The lowest BCUT2D eigenvalue weighted by atomic mass is 9.99. The van der Waals surface area contributed by atoms with E-state index in [-0.39, 0.29) is 28.7 Å². The molecule has 126 valence electrons. The van der Waals surface area contributed by atoms with Crippen molar-refractivity contribution < 1.29 is 9.47 Å². The second kappa shape index (κ2) is 12.8. The molecule has 7 heteroatoms. The van der Waals surface area contributed by atoms with Crippen LogP contribution in [0.3, 0.4) is 0 Å². The predicted octanol–water partition coefficient (Wildman–Crippen LogP) is 2.11. The Labute approximate surface area is 150 Å². The molecule has 0 aromatic rings. The van der Waals surface area contributed by atoms with Crippen LogP contribution in [-0.4, -0.2) is 63.5 Å². The second-order valence-corrected chi connectivity index (χ2v) is 6.24. The molecule has 1 saturated heterocycles. The highest BCUT2D eigenvalue weighted by Crippen LogP contribution is 2.33. The molecule has 1 aliphatic rings. The van der Waals surface area contributed by atoms with E-state index in [1.807, 2.05) is 11.8 Å². The first-order chi connectivity index (χ1) is 9.76. The summed E-state index contributed by atoms with van der Waals surface area (Å²) in [6.45, 7) is 7.18. The van der Waals surface area contributed by atoms with Crippen LogP contribution >= 0.6 is 35.7 Å². The Morgan fingerprint density at radius 1 is 1.33 bits per heavy atom. The van der Waals surface area contributed by atoms with Crippen molar-refractivity contribution in [1.82, 2.24) is 10.6 Å². The van der Waals surface area contributed by atoms with Gasteiger partial charge in [-0.2, -0.15) is 11.8 Å². The molecule has 0 amide bonds. The van der Waals surface area contributed by atoms with E-state index in [4.69, 9.17) is 14.5 Å². The van der Waals surface area contributed by atoms with Crippen molar-refractivity contribution in [2.45, 2.75) is 30.9 Å². The smallest absolute Gasteiger partial charge is 0.191 e. The molecule has 1 fully saturated rings. The average molecular weight is 431 g/mol. The molecule has 2 N–H and O–H groups in total. The van der Waals surface area contributed by atoms with Gasteiger partial charge in [0.1, 0.15) is 0 Å². The maximum absolute atomic E-state index is 5.47. The van der Waals surface area contributed by atoms with E-state index in [1.165, 1.54) is 0 Å². The van der Waals surface area contributed by atoms with Crippen LogP contribution in [0.5, 0.6) is 0 Å². The van der Waals surface area contributed by atoms with Crippen molar-refractivity contribution in [3.63, 3.8) is 0 Å². The van der Waals surface area contributed by atoms with E-state index in [1.54, 1.807) is 7.11 Å². The fourth-order valence-electron chi connectivity index (χ4n) is 2.16. The number of ether oxygens (including phenoxy) is 2. The number of hydrogen-bond acceptors (Lipinski definition) is 4. The summed E-state index contributed by atoms with van der Waals surface area (Å²) in [6, 6.07) is 0. The van der Waals surface area contributed by atoms with E-state index >= 15 is 0 Å².